The molecule has 1 unspecified atom stereocenters. The molecule has 0 bridgehead atoms. The lowest BCUT2D eigenvalue weighted by Gasteiger charge is -2.38. The van der Waals surface area contributed by atoms with Gasteiger partial charge < -0.3 is 4.90 Å². The average Bonchev–Trinajstić information content (AvgIpc) is 3.06. The van der Waals surface area contributed by atoms with E-state index in [0.717, 1.165) is 50.9 Å². The Balaban J connectivity index is 1.51. The zero-order chi connectivity index (χ0) is 16.2. The van der Waals surface area contributed by atoms with Gasteiger partial charge in [-0.2, -0.15) is 0 Å². The topological polar surface area (TPSA) is 19.4 Å². The van der Waals surface area contributed by atoms with Gasteiger partial charge in [-0.25, -0.2) is 13.8 Å². The summed E-state index contributed by atoms with van der Waals surface area (Å²) >= 11 is 1.63. The first kappa shape index (κ1) is 16.5. The predicted octanol–water partition coefficient (Wildman–Crippen LogP) is 3.34. The van der Waals surface area contributed by atoms with Gasteiger partial charge in [0.15, 0.2) is 0 Å². The van der Waals surface area contributed by atoms with Crippen LogP contribution in [-0.4, -0.2) is 47.5 Å². The van der Waals surface area contributed by atoms with E-state index in [-0.39, 0.29) is 6.04 Å². The van der Waals surface area contributed by atoms with Gasteiger partial charge in [0, 0.05) is 62.2 Å². The maximum Gasteiger partial charge on any atom is 0.130 e. The zero-order valence-corrected chi connectivity index (χ0v) is 14.0. The van der Waals surface area contributed by atoms with E-state index >= 15 is 0 Å². The van der Waals surface area contributed by atoms with Crippen molar-refractivity contribution < 1.29 is 8.78 Å². The van der Waals surface area contributed by atoms with Crippen molar-refractivity contribution >= 4 is 11.3 Å². The lowest BCUT2D eigenvalue weighted by Crippen LogP contribution is -2.47. The first-order valence-electron chi connectivity index (χ1n) is 7.92. The molecule has 2 heterocycles. The number of aromatic nitrogens is 1. The monoisotopic (exact) mass is 337 g/mol. The minimum Gasteiger partial charge on any atom is -0.300 e. The van der Waals surface area contributed by atoms with Gasteiger partial charge in [-0.05, 0) is 13.0 Å². The first-order valence-corrected chi connectivity index (χ1v) is 8.86. The molecule has 3 rings (SSSR count). The molecule has 1 aliphatic rings. The van der Waals surface area contributed by atoms with Crippen LogP contribution in [0.4, 0.5) is 8.78 Å². The number of hydrogen-bond acceptors (Lipinski definition) is 4. The van der Waals surface area contributed by atoms with E-state index in [1.165, 1.54) is 6.07 Å². The molecule has 1 atom stereocenters. The van der Waals surface area contributed by atoms with Crippen LogP contribution in [0.15, 0.2) is 29.1 Å². The predicted molar refractivity (Wildman–Crippen MR) is 88.6 cm³/mol. The number of halogens is 2. The second-order valence-corrected chi connectivity index (χ2v) is 6.67. The van der Waals surface area contributed by atoms with Crippen molar-refractivity contribution in [1.29, 1.82) is 0 Å². The Kier molecular flexibility index (Phi) is 5.35. The van der Waals surface area contributed by atoms with Crippen LogP contribution in [0, 0.1) is 11.6 Å². The van der Waals surface area contributed by atoms with Crippen LogP contribution in [0.5, 0.6) is 0 Å². The molecule has 0 spiro atoms. The number of benzene rings is 1. The molecule has 1 aromatic carbocycles. The van der Waals surface area contributed by atoms with Crippen LogP contribution < -0.4 is 0 Å². The van der Waals surface area contributed by atoms with Gasteiger partial charge in [0.25, 0.3) is 0 Å². The summed E-state index contributed by atoms with van der Waals surface area (Å²) in [5.74, 6) is -0.978. The fraction of sp³-hybridized carbons (Fsp3) is 0.471. The van der Waals surface area contributed by atoms with Gasteiger partial charge in [0.05, 0.1) is 11.2 Å². The Morgan fingerprint density at radius 1 is 1.22 bits per heavy atom. The number of hydrogen-bond donors (Lipinski definition) is 0. The number of nitrogens with zero attached hydrogens (tertiary/aromatic N) is 3. The van der Waals surface area contributed by atoms with E-state index in [1.807, 2.05) is 12.4 Å². The molecule has 6 heteroatoms. The van der Waals surface area contributed by atoms with Crippen molar-refractivity contribution in [1.82, 2.24) is 14.8 Å². The summed E-state index contributed by atoms with van der Waals surface area (Å²) in [5, 5.41) is 2.09. The summed E-state index contributed by atoms with van der Waals surface area (Å²) in [6.45, 7) is 6.73. The third-order valence-corrected chi connectivity index (χ3v) is 5.17. The summed E-state index contributed by atoms with van der Waals surface area (Å²) in [4.78, 5) is 8.99. The van der Waals surface area contributed by atoms with Crippen molar-refractivity contribution in [2.75, 3.05) is 32.7 Å². The van der Waals surface area contributed by atoms with E-state index in [0.29, 0.717) is 5.56 Å². The smallest absolute Gasteiger partial charge is 0.130 e. The highest BCUT2D eigenvalue weighted by Crippen LogP contribution is 2.24. The molecule has 124 valence electrons. The maximum atomic E-state index is 13.9. The average molecular weight is 337 g/mol. The van der Waals surface area contributed by atoms with Crippen LogP contribution >= 0.6 is 11.3 Å². The molecule has 0 N–H and O–H groups in total. The molecule has 3 nitrogen and oxygen atoms in total. The van der Waals surface area contributed by atoms with E-state index in [4.69, 9.17) is 0 Å². The summed E-state index contributed by atoms with van der Waals surface area (Å²) in [5.41, 5.74) is 3.59. The van der Waals surface area contributed by atoms with E-state index in [2.05, 4.69) is 20.2 Å². The summed E-state index contributed by atoms with van der Waals surface area (Å²) in [6.07, 6.45) is 0.978. The molecule has 23 heavy (non-hydrogen) atoms. The van der Waals surface area contributed by atoms with Crippen LogP contribution in [0.3, 0.4) is 0 Å². The minimum atomic E-state index is -0.523. The third kappa shape index (κ3) is 4.13. The van der Waals surface area contributed by atoms with E-state index < -0.39 is 11.6 Å². The summed E-state index contributed by atoms with van der Waals surface area (Å²) in [7, 11) is 0. The highest BCUT2D eigenvalue weighted by molar-refractivity contribution is 7.07. The van der Waals surface area contributed by atoms with E-state index in [9.17, 15) is 8.78 Å². The molecule has 0 radical (unpaired) electrons. The summed E-state index contributed by atoms with van der Waals surface area (Å²) < 4.78 is 27.0. The second kappa shape index (κ2) is 7.47. The third-order valence-electron chi connectivity index (χ3n) is 4.53. The van der Waals surface area contributed by atoms with Crippen LogP contribution in [0.1, 0.15) is 24.2 Å². The van der Waals surface area contributed by atoms with Gasteiger partial charge in [0.2, 0.25) is 0 Å². The molecule has 0 amide bonds. The quantitative estimate of drug-likeness (QED) is 0.834. The lowest BCUT2D eigenvalue weighted by atomic mass is 10.1. The normalized spacial score (nSPS) is 18.2. The molecule has 2 aromatic rings. The van der Waals surface area contributed by atoms with Crippen molar-refractivity contribution in [2.24, 2.45) is 0 Å². The van der Waals surface area contributed by atoms with Gasteiger partial charge in [-0.1, -0.05) is 6.07 Å². The van der Waals surface area contributed by atoms with Crippen LogP contribution in [0.2, 0.25) is 0 Å². The number of thiazole rings is 1. The molecular weight excluding hydrogens is 316 g/mol. The highest BCUT2D eigenvalue weighted by Gasteiger charge is 2.23. The molecule has 0 aliphatic carbocycles. The molecule has 1 aliphatic heterocycles. The SMILES string of the molecule is CC(c1ccc(F)cc1F)N1CCN(CCc2cscn2)CC1. The molecule has 1 saturated heterocycles. The number of rotatable bonds is 5. The Bertz CT molecular complexity index is 625. The van der Waals surface area contributed by atoms with Gasteiger partial charge in [0.1, 0.15) is 11.6 Å². The molecule has 1 fully saturated rings. The van der Waals surface area contributed by atoms with Crippen molar-refractivity contribution in [2.45, 2.75) is 19.4 Å². The fourth-order valence-corrected chi connectivity index (χ4v) is 3.64. The summed E-state index contributed by atoms with van der Waals surface area (Å²) in [6, 6.07) is 3.83. The fourth-order valence-electron chi connectivity index (χ4n) is 3.04. The zero-order valence-electron chi connectivity index (χ0n) is 13.2. The standard InChI is InChI=1S/C17H21F2N3S/c1-13(16-3-2-14(18)10-17(16)19)22-8-6-21(7-9-22)5-4-15-11-23-12-20-15/h2-3,10-13H,4-9H2,1H3. The van der Waals surface area contributed by atoms with Gasteiger partial charge in [-0.15, -0.1) is 11.3 Å². The first-order chi connectivity index (χ1) is 11.1. The van der Waals surface area contributed by atoms with Crippen molar-refractivity contribution in [3.63, 3.8) is 0 Å². The molecule has 0 saturated carbocycles. The molecule has 1 aromatic heterocycles. The number of piperazine rings is 1. The van der Waals surface area contributed by atoms with Crippen molar-refractivity contribution in [3.8, 4) is 0 Å². The van der Waals surface area contributed by atoms with E-state index in [1.54, 1.807) is 17.4 Å². The highest BCUT2D eigenvalue weighted by atomic mass is 32.1. The Labute approximate surface area is 139 Å². The second-order valence-electron chi connectivity index (χ2n) is 5.95. The van der Waals surface area contributed by atoms with Gasteiger partial charge in [-0.3, -0.25) is 4.90 Å². The van der Waals surface area contributed by atoms with Crippen LogP contribution in [-0.2, 0) is 6.42 Å². The van der Waals surface area contributed by atoms with Crippen LogP contribution in [0.25, 0.3) is 0 Å². The Hall–Kier alpha value is -1.37. The maximum absolute atomic E-state index is 13.9. The Morgan fingerprint density at radius 3 is 2.65 bits per heavy atom. The Morgan fingerprint density at radius 2 is 2.00 bits per heavy atom. The lowest BCUT2D eigenvalue weighted by molar-refractivity contribution is 0.101. The largest absolute Gasteiger partial charge is 0.300 e. The van der Waals surface area contributed by atoms with Gasteiger partial charge >= 0.3 is 0 Å². The van der Waals surface area contributed by atoms with Crippen molar-refractivity contribution in [3.05, 3.63) is 52.0 Å². The molecular formula is C17H21F2N3S. The minimum absolute atomic E-state index is 0.0312.